The summed E-state index contributed by atoms with van der Waals surface area (Å²) in [5.41, 5.74) is 0. The van der Waals surface area contributed by atoms with Crippen LogP contribution in [0.25, 0.3) is 0 Å². The van der Waals surface area contributed by atoms with Gasteiger partial charge in [0, 0.05) is 19.1 Å². The molecule has 1 unspecified atom stereocenters. The lowest BCUT2D eigenvalue weighted by atomic mass is 10.3. The second kappa shape index (κ2) is 2.44. The molecule has 0 saturated carbocycles. The van der Waals surface area contributed by atoms with E-state index in [9.17, 15) is 4.21 Å². The van der Waals surface area contributed by atoms with Gasteiger partial charge in [0.05, 0.1) is 10.8 Å². The van der Waals surface area contributed by atoms with Gasteiger partial charge >= 0.3 is 0 Å². The lowest BCUT2D eigenvalue weighted by molar-refractivity contribution is 0.465. The fraction of sp³-hybridized carbons (Fsp3) is 0.571. The van der Waals surface area contributed by atoms with Crippen LogP contribution in [0, 0.1) is 6.92 Å². The minimum Gasteiger partial charge on any atom is -0.445 e. The largest absolute Gasteiger partial charge is 0.445 e. The second-order valence-electron chi connectivity index (χ2n) is 2.61. The van der Waals surface area contributed by atoms with Crippen molar-refractivity contribution in [3.8, 4) is 0 Å². The molecule has 1 aromatic heterocycles. The molecule has 0 spiro atoms. The zero-order chi connectivity index (χ0) is 7.84. The average molecular weight is 171 g/mol. The number of aromatic nitrogens is 1. The first-order valence-electron chi connectivity index (χ1n) is 3.62. The zero-order valence-corrected chi connectivity index (χ0v) is 7.11. The Morgan fingerprint density at radius 2 is 2.45 bits per heavy atom. The van der Waals surface area contributed by atoms with E-state index in [2.05, 4.69) is 4.98 Å². The van der Waals surface area contributed by atoms with Gasteiger partial charge < -0.3 is 4.42 Å². The van der Waals surface area contributed by atoms with Gasteiger partial charge in [0.25, 0.3) is 0 Å². The Hall–Kier alpha value is -0.640. The molecular weight excluding hydrogens is 162 g/mol. The smallest absolute Gasteiger partial charge is 0.192 e. The van der Waals surface area contributed by atoms with Crippen LogP contribution in [0.15, 0.2) is 9.44 Å². The molecule has 0 radical (unpaired) electrons. The highest BCUT2D eigenvalue weighted by atomic mass is 32.2. The highest BCUT2D eigenvalue weighted by Crippen LogP contribution is 2.21. The average Bonchev–Trinajstić information content (AvgIpc) is 2.31. The molecule has 0 aromatic carbocycles. The Bertz CT molecular complexity index is 305. The maximum Gasteiger partial charge on any atom is 0.192 e. The van der Waals surface area contributed by atoms with Crippen molar-refractivity contribution in [1.29, 1.82) is 0 Å². The van der Waals surface area contributed by atoms with E-state index in [4.69, 9.17) is 4.42 Å². The lowest BCUT2D eigenvalue weighted by Crippen LogP contribution is -2.08. The maximum absolute atomic E-state index is 11.3. The molecule has 2 rings (SSSR count). The monoisotopic (exact) mass is 171 g/mol. The molecule has 0 N–H and O–H groups in total. The van der Waals surface area contributed by atoms with Crippen molar-refractivity contribution in [1.82, 2.24) is 4.98 Å². The van der Waals surface area contributed by atoms with Crippen molar-refractivity contribution in [2.45, 2.75) is 24.8 Å². The molecule has 2 heterocycles. The van der Waals surface area contributed by atoms with Crippen LogP contribution in [0.2, 0.25) is 0 Å². The van der Waals surface area contributed by atoms with E-state index < -0.39 is 10.8 Å². The molecule has 0 amide bonds. The van der Waals surface area contributed by atoms with Crippen molar-refractivity contribution in [2.24, 2.45) is 0 Å². The van der Waals surface area contributed by atoms with Crippen LogP contribution < -0.4 is 0 Å². The van der Waals surface area contributed by atoms with E-state index in [-0.39, 0.29) is 0 Å². The zero-order valence-electron chi connectivity index (χ0n) is 6.29. The van der Waals surface area contributed by atoms with Gasteiger partial charge in [0.2, 0.25) is 0 Å². The minimum absolute atomic E-state index is 0.630. The van der Waals surface area contributed by atoms with E-state index in [1.807, 2.05) is 0 Å². The van der Waals surface area contributed by atoms with Crippen molar-refractivity contribution in [3.63, 3.8) is 0 Å². The first-order valence-corrected chi connectivity index (χ1v) is 4.94. The van der Waals surface area contributed by atoms with Gasteiger partial charge in [-0.1, -0.05) is 0 Å². The molecule has 11 heavy (non-hydrogen) atoms. The summed E-state index contributed by atoms with van der Waals surface area (Å²) in [4.78, 5) is 4.07. The Morgan fingerprint density at radius 3 is 3.18 bits per heavy atom. The summed E-state index contributed by atoms with van der Waals surface area (Å²) in [5.74, 6) is 2.19. The number of hydrogen-bond donors (Lipinski definition) is 0. The van der Waals surface area contributed by atoms with Crippen LogP contribution in [-0.2, 0) is 17.2 Å². The minimum atomic E-state index is -0.899. The number of hydrogen-bond acceptors (Lipinski definition) is 3. The first-order chi connectivity index (χ1) is 5.27. The van der Waals surface area contributed by atoms with Crippen LogP contribution in [0.4, 0.5) is 0 Å². The third-order valence-corrected chi connectivity index (χ3v) is 3.13. The molecule has 60 valence electrons. The quantitative estimate of drug-likeness (QED) is 0.585. The highest BCUT2D eigenvalue weighted by Gasteiger charge is 2.21. The third kappa shape index (κ3) is 1.11. The molecule has 3 nitrogen and oxygen atoms in total. The highest BCUT2D eigenvalue weighted by molar-refractivity contribution is 7.85. The van der Waals surface area contributed by atoms with Crippen LogP contribution in [-0.4, -0.2) is 14.9 Å². The van der Waals surface area contributed by atoms with Crippen LogP contribution in [0.5, 0.6) is 0 Å². The Balaban J connectivity index is 2.52. The lowest BCUT2D eigenvalue weighted by Gasteiger charge is -2.05. The summed E-state index contributed by atoms with van der Waals surface area (Å²) in [6, 6.07) is 0. The molecule has 0 fully saturated rings. The topological polar surface area (TPSA) is 43.1 Å². The van der Waals surface area contributed by atoms with Gasteiger partial charge in [-0.05, 0) is 6.42 Å². The van der Waals surface area contributed by atoms with E-state index in [0.717, 1.165) is 24.4 Å². The first kappa shape index (κ1) is 7.03. The number of aryl methyl sites for hydroxylation is 2. The molecular formula is C7H9NO2S. The molecule has 4 heteroatoms. The summed E-state index contributed by atoms with van der Waals surface area (Å²) >= 11 is 0. The predicted octanol–water partition coefficient (Wildman–Crippen LogP) is 1.04. The fourth-order valence-corrected chi connectivity index (χ4v) is 2.47. The number of fused-ring (bicyclic) bond motifs is 1. The normalized spacial score (nSPS) is 23.2. The van der Waals surface area contributed by atoms with Crippen molar-refractivity contribution < 1.29 is 8.63 Å². The van der Waals surface area contributed by atoms with Gasteiger partial charge in [0.1, 0.15) is 5.76 Å². The summed E-state index contributed by atoms with van der Waals surface area (Å²) in [5, 5.41) is 0.675. The summed E-state index contributed by atoms with van der Waals surface area (Å²) in [6.45, 7) is 1.79. The fourth-order valence-electron chi connectivity index (χ4n) is 1.25. The predicted molar refractivity (Wildman–Crippen MR) is 40.8 cm³/mol. The van der Waals surface area contributed by atoms with Gasteiger partial charge in [-0.25, -0.2) is 4.98 Å². The SMILES string of the molecule is Cc1nc2c(o1)CCCS2=O. The van der Waals surface area contributed by atoms with E-state index in [1.54, 1.807) is 6.92 Å². The second-order valence-corrected chi connectivity index (χ2v) is 4.10. The van der Waals surface area contributed by atoms with Crippen LogP contribution >= 0.6 is 0 Å². The third-order valence-electron chi connectivity index (χ3n) is 1.72. The van der Waals surface area contributed by atoms with Crippen LogP contribution in [0.3, 0.4) is 0 Å². The number of oxazole rings is 1. The molecule has 1 aromatic rings. The van der Waals surface area contributed by atoms with Gasteiger partial charge in [-0.2, -0.15) is 0 Å². The molecule has 0 aliphatic carbocycles. The molecule has 1 aliphatic heterocycles. The number of rotatable bonds is 0. The van der Waals surface area contributed by atoms with Gasteiger partial charge in [-0.15, -0.1) is 0 Å². The summed E-state index contributed by atoms with van der Waals surface area (Å²) < 4.78 is 16.6. The van der Waals surface area contributed by atoms with Crippen molar-refractivity contribution in [2.75, 3.05) is 5.75 Å². The molecule has 0 saturated heterocycles. The summed E-state index contributed by atoms with van der Waals surface area (Å²) in [7, 11) is -0.899. The van der Waals surface area contributed by atoms with Gasteiger partial charge in [0.15, 0.2) is 10.9 Å². The molecule has 0 bridgehead atoms. The Kier molecular flexibility index (Phi) is 1.56. The Labute approximate surface area is 67.3 Å². The Morgan fingerprint density at radius 1 is 1.64 bits per heavy atom. The van der Waals surface area contributed by atoms with Crippen molar-refractivity contribution in [3.05, 3.63) is 11.7 Å². The number of nitrogens with zero attached hydrogens (tertiary/aromatic N) is 1. The van der Waals surface area contributed by atoms with E-state index in [0.29, 0.717) is 10.9 Å². The molecule has 1 aliphatic rings. The maximum atomic E-state index is 11.3. The summed E-state index contributed by atoms with van der Waals surface area (Å²) in [6.07, 6.45) is 1.84. The van der Waals surface area contributed by atoms with E-state index >= 15 is 0 Å². The van der Waals surface area contributed by atoms with E-state index in [1.165, 1.54) is 0 Å². The van der Waals surface area contributed by atoms with Gasteiger partial charge in [-0.3, -0.25) is 4.21 Å². The van der Waals surface area contributed by atoms with Crippen molar-refractivity contribution >= 4 is 10.8 Å². The standard InChI is InChI=1S/C7H9NO2S/c1-5-8-7-6(10-5)3-2-4-11(7)9/h2-4H2,1H3. The van der Waals surface area contributed by atoms with Crippen LogP contribution in [0.1, 0.15) is 18.1 Å². The molecule has 1 atom stereocenters.